The Bertz CT molecular complexity index is 616. The van der Waals surface area contributed by atoms with Gasteiger partial charge in [-0.15, -0.1) is 0 Å². The smallest absolute Gasteiger partial charge is 0.323 e. The zero-order valence-electron chi connectivity index (χ0n) is 16.6. The van der Waals surface area contributed by atoms with Crippen molar-refractivity contribution < 1.29 is 19.5 Å². The number of amides is 1. The van der Waals surface area contributed by atoms with Gasteiger partial charge in [0.15, 0.2) is 0 Å². The third kappa shape index (κ3) is 6.96. The van der Waals surface area contributed by atoms with Gasteiger partial charge in [-0.1, -0.05) is 45.0 Å². The molecule has 27 heavy (non-hydrogen) atoms. The SMILES string of the molecule is CC(C)(C)[C@H](NCc1ccc(CCC(=O)NO)cc1)C(=O)OC1CCCC1. The minimum atomic E-state index is -0.394. The van der Waals surface area contributed by atoms with E-state index in [-0.39, 0.29) is 30.0 Å². The molecule has 0 saturated heterocycles. The van der Waals surface area contributed by atoms with Gasteiger partial charge in [-0.2, -0.15) is 0 Å². The highest BCUT2D eigenvalue weighted by Gasteiger charge is 2.34. The van der Waals surface area contributed by atoms with Crippen LogP contribution in [0.15, 0.2) is 24.3 Å². The molecule has 0 unspecified atom stereocenters. The first kappa shape index (κ1) is 21.4. The van der Waals surface area contributed by atoms with Crippen molar-refractivity contribution in [2.75, 3.05) is 0 Å². The number of rotatable bonds is 8. The van der Waals surface area contributed by atoms with Crippen molar-refractivity contribution in [1.82, 2.24) is 10.8 Å². The molecule has 1 aliphatic rings. The first-order valence-electron chi connectivity index (χ1n) is 9.74. The maximum Gasteiger partial charge on any atom is 0.323 e. The average molecular weight is 376 g/mol. The first-order valence-corrected chi connectivity index (χ1v) is 9.74. The van der Waals surface area contributed by atoms with E-state index in [0.29, 0.717) is 13.0 Å². The Morgan fingerprint density at radius 1 is 1.15 bits per heavy atom. The second-order valence-corrected chi connectivity index (χ2v) is 8.37. The zero-order valence-corrected chi connectivity index (χ0v) is 16.6. The van der Waals surface area contributed by atoms with Gasteiger partial charge < -0.3 is 4.74 Å². The summed E-state index contributed by atoms with van der Waals surface area (Å²) >= 11 is 0. The second kappa shape index (κ2) is 9.85. The predicted octanol–water partition coefficient (Wildman–Crippen LogP) is 3.11. The molecule has 1 fully saturated rings. The predicted molar refractivity (Wildman–Crippen MR) is 103 cm³/mol. The van der Waals surface area contributed by atoms with Crippen LogP contribution in [0.2, 0.25) is 0 Å². The number of hydroxylamine groups is 1. The van der Waals surface area contributed by atoms with E-state index in [1.165, 1.54) is 0 Å². The molecule has 0 heterocycles. The number of aryl methyl sites for hydroxylation is 1. The minimum absolute atomic E-state index is 0.0690. The van der Waals surface area contributed by atoms with E-state index < -0.39 is 5.91 Å². The van der Waals surface area contributed by atoms with E-state index in [9.17, 15) is 9.59 Å². The Labute approximate surface area is 161 Å². The lowest BCUT2D eigenvalue weighted by atomic mass is 9.86. The number of carbonyl (C=O) groups is 2. The molecule has 0 aliphatic heterocycles. The van der Waals surface area contributed by atoms with E-state index in [2.05, 4.69) is 5.32 Å². The highest BCUT2D eigenvalue weighted by Crippen LogP contribution is 2.25. The summed E-state index contributed by atoms with van der Waals surface area (Å²) in [6.07, 6.45) is 5.09. The van der Waals surface area contributed by atoms with E-state index in [4.69, 9.17) is 9.94 Å². The Kier molecular flexibility index (Phi) is 7.80. The largest absolute Gasteiger partial charge is 0.461 e. The van der Waals surface area contributed by atoms with Crippen molar-refractivity contribution in [2.45, 2.75) is 78.0 Å². The number of hydrogen-bond donors (Lipinski definition) is 3. The summed E-state index contributed by atoms with van der Waals surface area (Å²) < 4.78 is 5.71. The molecule has 1 atom stereocenters. The average Bonchev–Trinajstić information content (AvgIpc) is 3.12. The molecule has 1 aromatic rings. The van der Waals surface area contributed by atoms with Crippen LogP contribution in [-0.2, 0) is 27.3 Å². The molecule has 150 valence electrons. The molecule has 6 nitrogen and oxygen atoms in total. The molecule has 0 aromatic heterocycles. The molecule has 0 bridgehead atoms. The molecule has 1 aliphatic carbocycles. The van der Waals surface area contributed by atoms with Crippen LogP contribution in [-0.4, -0.2) is 29.2 Å². The molecule has 2 rings (SSSR count). The molecule has 0 spiro atoms. The molecule has 3 N–H and O–H groups in total. The van der Waals surface area contributed by atoms with Gasteiger partial charge in [0.05, 0.1) is 0 Å². The van der Waals surface area contributed by atoms with Crippen LogP contribution in [0.1, 0.15) is 64.0 Å². The standard InChI is InChI=1S/C21H32N2O4/c1-21(2,3)19(20(25)27-17-6-4-5-7-17)22-14-16-10-8-15(9-11-16)12-13-18(24)23-26/h8-11,17,19,22,26H,4-7,12-14H2,1-3H3,(H,23,24)/t19-/m1/s1. The van der Waals surface area contributed by atoms with Gasteiger partial charge >= 0.3 is 5.97 Å². The molecule has 1 saturated carbocycles. The fourth-order valence-corrected chi connectivity index (χ4v) is 3.34. The Morgan fingerprint density at radius 2 is 1.74 bits per heavy atom. The number of nitrogens with one attached hydrogen (secondary N) is 2. The summed E-state index contributed by atoms with van der Waals surface area (Å²) in [6.45, 7) is 6.68. The van der Waals surface area contributed by atoms with Crippen LogP contribution >= 0.6 is 0 Å². The van der Waals surface area contributed by atoms with Gasteiger partial charge in [0.2, 0.25) is 5.91 Å². The normalized spacial score (nSPS) is 16.1. The lowest BCUT2D eigenvalue weighted by Gasteiger charge is -2.30. The molecular weight excluding hydrogens is 344 g/mol. The van der Waals surface area contributed by atoms with Gasteiger partial charge in [0, 0.05) is 13.0 Å². The van der Waals surface area contributed by atoms with Crippen molar-refractivity contribution in [3.63, 3.8) is 0 Å². The summed E-state index contributed by atoms with van der Waals surface area (Å²) in [5.41, 5.74) is 3.48. The summed E-state index contributed by atoms with van der Waals surface area (Å²) in [5.74, 6) is -0.560. The monoisotopic (exact) mass is 376 g/mol. The number of ether oxygens (including phenoxy) is 1. The quantitative estimate of drug-likeness (QED) is 0.369. The van der Waals surface area contributed by atoms with Crippen molar-refractivity contribution in [2.24, 2.45) is 5.41 Å². The molecule has 0 radical (unpaired) electrons. The van der Waals surface area contributed by atoms with E-state index >= 15 is 0 Å². The number of esters is 1. The Hall–Kier alpha value is -1.92. The van der Waals surface area contributed by atoms with E-state index in [0.717, 1.165) is 36.8 Å². The maximum absolute atomic E-state index is 12.7. The molecule has 6 heteroatoms. The summed E-state index contributed by atoms with van der Waals surface area (Å²) in [7, 11) is 0. The third-order valence-corrected chi connectivity index (χ3v) is 4.99. The van der Waals surface area contributed by atoms with Gasteiger partial charge in [0.1, 0.15) is 12.1 Å². The molecule has 1 aromatic carbocycles. The Balaban J connectivity index is 1.90. The highest BCUT2D eigenvalue weighted by molar-refractivity contribution is 5.77. The van der Waals surface area contributed by atoms with Gasteiger partial charge in [-0.05, 0) is 48.6 Å². The topological polar surface area (TPSA) is 87.7 Å². The highest BCUT2D eigenvalue weighted by atomic mass is 16.5. The van der Waals surface area contributed by atoms with Crippen molar-refractivity contribution in [3.8, 4) is 0 Å². The van der Waals surface area contributed by atoms with Crippen LogP contribution < -0.4 is 10.8 Å². The fourth-order valence-electron chi connectivity index (χ4n) is 3.34. The van der Waals surface area contributed by atoms with Crippen LogP contribution in [0.25, 0.3) is 0 Å². The van der Waals surface area contributed by atoms with Gasteiger partial charge in [0.25, 0.3) is 0 Å². The maximum atomic E-state index is 12.7. The van der Waals surface area contributed by atoms with Crippen molar-refractivity contribution >= 4 is 11.9 Å². The number of hydrogen-bond acceptors (Lipinski definition) is 5. The summed E-state index contributed by atoms with van der Waals surface area (Å²) in [6, 6.07) is 7.53. The summed E-state index contributed by atoms with van der Waals surface area (Å²) in [4.78, 5) is 23.8. The van der Waals surface area contributed by atoms with Gasteiger partial charge in [-0.3, -0.25) is 20.1 Å². The lowest BCUT2D eigenvalue weighted by molar-refractivity contribution is -0.154. The Morgan fingerprint density at radius 3 is 2.30 bits per heavy atom. The second-order valence-electron chi connectivity index (χ2n) is 8.37. The van der Waals surface area contributed by atoms with Crippen LogP contribution in [0, 0.1) is 5.41 Å². The molecule has 1 amide bonds. The third-order valence-electron chi connectivity index (χ3n) is 4.99. The van der Waals surface area contributed by atoms with Crippen LogP contribution in [0.3, 0.4) is 0 Å². The fraction of sp³-hybridized carbons (Fsp3) is 0.619. The van der Waals surface area contributed by atoms with Crippen molar-refractivity contribution in [1.29, 1.82) is 0 Å². The number of carbonyl (C=O) groups excluding carboxylic acids is 2. The minimum Gasteiger partial charge on any atom is -0.461 e. The number of benzene rings is 1. The van der Waals surface area contributed by atoms with Gasteiger partial charge in [-0.25, -0.2) is 5.48 Å². The van der Waals surface area contributed by atoms with Crippen molar-refractivity contribution in [3.05, 3.63) is 35.4 Å². The van der Waals surface area contributed by atoms with E-state index in [1.54, 1.807) is 5.48 Å². The summed E-state index contributed by atoms with van der Waals surface area (Å²) in [5, 5.41) is 11.9. The lowest BCUT2D eigenvalue weighted by Crippen LogP contribution is -2.47. The molecular formula is C21H32N2O4. The zero-order chi connectivity index (χ0) is 19.9. The van der Waals surface area contributed by atoms with E-state index in [1.807, 2.05) is 45.0 Å². The first-order chi connectivity index (χ1) is 12.8. The van der Waals surface area contributed by atoms with Crippen LogP contribution in [0.5, 0.6) is 0 Å². The van der Waals surface area contributed by atoms with Crippen LogP contribution in [0.4, 0.5) is 0 Å².